The van der Waals surface area contributed by atoms with Crippen molar-refractivity contribution in [3.8, 4) is 5.75 Å². The van der Waals surface area contributed by atoms with Gasteiger partial charge in [-0.05, 0) is 30.2 Å². The van der Waals surface area contributed by atoms with E-state index >= 15 is 0 Å². The number of thioether (sulfide) groups is 1. The van der Waals surface area contributed by atoms with Gasteiger partial charge < -0.3 is 9.84 Å². The van der Waals surface area contributed by atoms with E-state index in [-0.39, 0.29) is 12.5 Å². The predicted molar refractivity (Wildman–Crippen MR) is 89.7 cm³/mol. The Morgan fingerprint density at radius 1 is 1.41 bits per heavy atom. The molecule has 0 aromatic heterocycles. The fourth-order valence-corrected chi connectivity index (χ4v) is 3.18. The van der Waals surface area contributed by atoms with E-state index in [1.54, 1.807) is 35.2 Å². The number of carbonyl (C=O) groups is 2. The van der Waals surface area contributed by atoms with E-state index in [1.165, 1.54) is 11.8 Å². The Kier molecular flexibility index (Phi) is 5.57. The van der Waals surface area contributed by atoms with Gasteiger partial charge in [0, 0.05) is 6.54 Å². The lowest BCUT2D eigenvalue weighted by Gasteiger charge is -2.11. The van der Waals surface area contributed by atoms with Crippen LogP contribution in [-0.4, -0.2) is 39.4 Å². The van der Waals surface area contributed by atoms with Gasteiger partial charge in [-0.3, -0.25) is 9.69 Å². The Morgan fingerprint density at radius 3 is 2.68 bits per heavy atom. The van der Waals surface area contributed by atoms with Crippen molar-refractivity contribution in [2.75, 3.05) is 13.2 Å². The smallest absolute Gasteiger partial charge is 0.341 e. The van der Waals surface area contributed by atoms with Crippen LogP contribution < -0.4 is 4.74 Å². The second kappa shape index (κ2) is 7.42. The van der Waals surface area contributed by atoms with Crippen molar-refractivity contribution in [2.45, 2.75) is 13.3 Å². The Morgan fingerprint density at radius 2 is 2.09 bits per heavy atom. The molecule has 1 aliphatic heterocycles. The number of carbonyl (C=O) groups excluding carboxylic acids is 1. The van der Waals surface area contributed by atoms with Crippen molar-refractivity contribution < 1.29 is 19.4 Å². The number of ether oxygens (including phenoxy) is 1. The first kappa shape index (κ1) is 16.5. The first-order chi connectivity index (χ1) is 10.5. The highest BCUT2D eigenvalue weighted by atomic mass is 32.2. The molecule has 1 heterocycles. The van der Waals surface area contributed by atoms with Crippen molar-refractivity contribution in [1.29, 1.82) is 0 Å². The van der Waals surface area contributed by atoms with Crippen LogP contribution in [0.1, 0.15) is 18.9 Å². The van der Waals surface area contributed by atoms with Gasteiger partial charge in [-0.25, -0.2) is 4.79 Å². The molecule has 1 amide bonds. The fourth-order valence-electron chi connectivity index (χ4n) is 1.87. The molecule has 0 atom stereocenters. The summed E-state index contributed by atoms with van der Waals surface area (Å²) in [5.41, 5.74) is 0.833. The summed E-state index contributed by atoms with van der Waals surface area (Å²) in [6.07, 6.45) is 2.63. The lowest BCUT2D eigenvalue weighted by Crippen LogP contribution is -2.28. The molecule has 116 valence electrons. The minimum Gasteiger partial charge on any atom is -0.482 e. The normalized spacial score (nSPS) is 16.4. The second-order valence-corrected chi connectivity index (χ2v) is 6.26. The molecule has 2 rings (SSSR count). The Balaban J connectivity index is 2.08. The van der Waals surface area contributed by atoms with Crippen LogP contribution in [0.4, 0.5) is 0 Å². The number of nitrogens with zero attached hydrogens (tertiary/aromatic N) is 1. The van der Waals surface area contributed by atoms with E-state index in [0.29, 0.717) is 21.5 Å². The van der Waals surface area contributed by atoms with Gasteiger partial charge in [0.25, 0.3) is 5.91 Å². The third-order valence-corrected chi connectivity index (χ3v) is 4.24. The van der Waals surface area contributed by atoms with Crippen LogP contribution in [0.15, 0.2) is 29.2 Å². The molecule has 1 aromatic carbocycles. The van der Waals surface area contributed by atoms with Crippen molar-refractivity contribution in [3.63, 3.8) is 0 Å². The van der Waals surface area contributed by atoms with Crippen molar-refractivity contribution in [2.24, 2.45) is 0 Å². The number of benzene rings is 1. The zero-order valence-electron chi connectivity index (χ0n) is 11.9. The number of carboxylic acid groups (broad SMARTS) is 1. The summed E-state index contributed by atoms with van der Waals surface area (Å²) >= 11 is 6.50. The molecule has 1 aliphatic rings. The number of hydrogen-bond acceptors (Lipinski definition) is 5. The van der Waals surface area contributed by atoms with E-state index in [9.17, 15) is 9.59 Å². The molecule has 5 nitrogen and oxygen atoms in total. The first-order valence-corrected chi connectivity index (χ1v) is 7.93. The Bertz CT molecular complexity index is 625. The maximum absolute atomic E-state index is 12.2. The molecular formula is C15H15NO4S2. The summed E-state index contributed by atoms with van der Waals surface area (Å²) in [4.78, 5) is 24.8. The minimum absolute atomic E-state index is 0.0666. The van der Waals surface area contributed by atoms with Crippen molar-refractivity contribution in [3.05, 3.63) is 34.7 Å². The predicted octanol–water partition coefficient (Wildman–Crippen LogP) is 2.76. The first-order valence-electron chi connectivity index (χ1n) is 6.71. The number of rotatable bonds is 6. The minimum atomic E-state index is -1.02. The average molecular weight is 337 g/mol. The molecule has 1 saturated heterocycles. The average Bonchev–Trinajstić information content (AvgIpc) is 2.74. The number of hydrogen-bond donors (Lipinski definition) is 1. The maximum atomic E-state index is 12.2. The largest absolute Gasteiger partial charge is 0.482 e. The molecule has 0 spiro atoms. The summed E-state index contributed by atoms with van der Waals surface area (Å²) in [7, 11) is 0. The topological polar surface area (TPSA) is 66.8 Å². The summed E-state index contributed by atoms with van der Waals surface area (Å²) < 4.78 is 5.64. The zero-order chi connectivity index (χ0) is 16.1. The van der Waals surface area contributed by atoms with Gasteiger partial charge in [-0.15, -0.1) is 0 Å². The quantitative estimate of drug-likeness (QED) is 0.636. The van der Waals surface area contributed by atoms with Gasteiger partial charge in [-0.2, -0.15) is 0 Å². The molecule has 1 fully saturated rings. The third kappa shape index (κ3) is 4.08. The van der Waals surface area contributed by atoms with Gasteiger partial charge in [0.1, 0.15) is 10.1 Å². The van der Waals surface area contributed by atoms with E-state index in [1.807, 2.05) is 6.92 Å². The number of amides is 1. The van der Waals surface area contributed by atoms with Gasteiger partial charge in [0.2, 0.25) is 0 Å². The highest BCUT2D eigenvalue weighted by molar-refractivity contribution is 8.26. The van der Waals surface area contributed by atoms with Gasteiger partial charge in [-0.1, -0.05) is 43.0 Å². The standard InChI is InChI=1S/C15H15NO4S2/c1-2-7-16-14(19)12(22-15(16)21)8-10-3-5-11(6-4-10)20-9-13(17)18/h3-6,8H,2,7,9H2,1H3,(H,17,18)/b12-8-. The monoisotopic (exact) mass is 337 g/mol. The van der Waals surface area contributed by atoms with E-state index < -0.39 is 5.97 Å². The maximum Gasteiger partial charge on any atom is 0.341 e. The van der Waals surface area contributed by atoms with E-state index in [2.05, 4.69) is 0 Å². The summed E-state index contributed by atoms with van der Waals surface area (Å²) in [5, 5.41) is 8.55. The summed E-state index contributed by atoms with van der Waals surface area (Å²) in [6.45, 7) is 2.25. The van der Waals surface area contributed by atoms with E-state index in [0.717, 1.165) is 12.0 Å². The summed E-state index contributed by atoms with van der Waals surface area (Å²) in [6, 6.07) is 6.87. The van der Waals surface area contributed by atoms with Crippen LogP contribution in [0, 0.1) is 0 Å². The van der Waals surface area contributed by atoms with Crippen LogP contribution in [-0.2, 0) is 9.59 Å². The van der Waals surface area contributed by atoms with E-state index in [4.69, 9.17) is 22.1 Å². The molecule has 0 unspecified atom stereocenters. The number of carboxylic acids is 1. The molecule has 1 aromatic rings. The van der Waals surface area contributed by atoms with Crippen molar-refractivity contribution >= 4 is 46.3 Å². The molecule has 1 N–H and O–H groups in total. The van der Waals surface area contributed by atoms with Crippen LogP contribution in [0.5, 0.6) is 5.75 Å². The highest BCUT2D eigenvalue weighted by Gasteiger charge is 2.31. The van der Waals surface area contributed by atoms with Gasteiger partial charge >= 0.3 is 5.97 Å². The zero-order valence-corrected chi connectivity index (χ0v) is 13.6. The molecule has 0 bridgehead atoms. The number of aliphatic carboxylic acids is 1. The molecule has 22 heavy (non-hydrogen) atoms. The SMILES string of the molecule is CCCN1C(=O)/C(=C/c2ccc(OCC(=O)O)cc2)SC1=S. The van der Waals surface area contributed by atoms with Crippen LogP contribution >= 0.6 is 24.0 Å². The van der Waals surface area contributed by atoms with Gasteiger partial charge in [0.05, 0.1) is 4.91 Å². The van der Waals surface area contributed by atoms with Crippen LogP contribution in [0.2, 0.25) is 0 Å². The third-order valence-electron chi connectivity index (χ3n) is 2.86. The lowest BCUT2D eigenvalue weighted by atomic mass is 10.2. The molecule has 7 heteroatoms. The molecule has 0 radical (unpaired) electrons. The molecule has 0 saturated carbocycles. The van der Waals surface area contributed by atoms with Gasteiger partial charge in [0.15, 0.2) is 6.61 Å². The Labute approximate surface area is 137 Å². The van der Waals surface area contributed by atoms with Crippen LogP contribution in [0.25, 0.3) is 6.08 Å². The Hall–Kier alpha value is -1.86. The lowest BCUT2D eigenvalue weighted by molar-refractivity contribution is -0.139. The number of thiocarbonyl (C=S) groups is 1. The summed E-state index contributed by atoms with van der Waals surface area (Å²) in [5.74, 6) is -0.621. The highest BCUT2D eigenvalue weighted by Crippen LogP contribution is 2.32. The molecular weight excluding hydrogens is 322 g/mol. The second-order valence-electron chi connectivity index (χ2n) is 4.58. The molecule has 0 aliphatic carbocycles. The van der Waals surface area contributed by atoms with Crippen LogP contribution in [0.3, 0.4) is 0 Å². The van der Waals surface area contributed by atoms with Crippen molar-refractivity contribution in [1.82, 2.24) is 4.90 Å². The fraction of sp³-hybridized carbons (Fsp3) is 0.267.